The van der Waals surface area contributed by atoms with E-state index >= 15 is 0 Å². The third kappa shape index (κ3) is 4.84. The molecule has 0 saturated heterocycles. The van der Waals surface area contributed by atoms with Crippen molar-refractivity contribution in [3.05, 3.63) is 93.5 Å². The molecule has 0 atom stereocenters. The standard InChI is InChI=1S/C24H23ClN4O3/c1-15-7-4-5-8-18(15)13-29-16(2)11-22(27-29)26-24(30)23-21(17(3)32-28-23)14-31-20-10-6-9-19(25)12-20/h4-12H,13-14H2,1-3H3,(H,26,27,30). The maximum atomic E-state index is 12.9. The summed E-state index contributed by atoms with van der Waals surface area (Å²) in [5.41, 5.74) is 4.03. The lowest BCUT2D eigenvalue weighted by Crippen LogP contribution is -2.16. The molecule has 4 rings (SSSR count). The number of amides is 1. The molecule has 0 bridgehead atoms. The lowest BCUT2D eigenvalue weighted by molar-refractivity contribution is 0.101. The molecule has 1 N–H and O–H groups in total. The second-order valence-electron chi connectivity index (χ2n) is 7.52. The smallest absolute Gasteiger partial charge is 0.279 e. The van der Waals surface area contributed by atoms with Crippen LogP contribution in [0.4, 0.5) is 5.82 Å². The van der Waals surface area contributed by atoms with Gasteiger partial charge in [-0.3, -0.25) is 9.48 Å². The zero-order valence-electron chi connectivity index (χ0n) is 18.1. The first kappa shape index (κ1) is 21.6. The van der Waals surface area contributed by atoms with Crippen molar-refractivity contribution in [1.29, 1.82) is 0 Å². The van der Waals surface area contributed by atoms with Gasteiger partial charge in [0.15, 0.2) is 11.5 Å². The molecular formula is C24H23ClN4O3. The molecular weight excluding hydrogens is 428 g/mol. The Hall–Kier alpha value is -3.58. The van der Waals surface area contributed by atoms with E-state index in [9.17, 15) is 4.79 Å². The molecule has 2 aromatic heterocycles. The molecule has 0 radical (unpaired) electrons. The van der Waals surface area contributed by atoms with Gasteiger partial charge in [0.25, 0.3) is 5.91 Å². The number of nitrogens with one attached hydrogen (secondary N) is 1. The number of anilines is 1. The summed E-state index contributed by atoms with van der Waals surface area (Å²) in [7, 11) is 0. The number of hydrogen-bond donors (Lipinski definition) is 1. The van der Waals surface area contributed by atoms with Crippen molar-refractivity contribution < 1.29 is 14.1 Å². The highest BCUT2D eigenvalue weighted by Crippen LogP contribution is 2.22. The molecule has 8 heteroatoms. The van der Waals surface area contributed by atoms with Crippen LogP contribution in [-0.4, -0.2) is 20.8 Å². The quantitative estimate of drug-likeness (QED) is 0.411. The number of aromatic nitrogens is 3. The number of ether oxygens (including phenoxy) is 1. The van der Waals surface area contributed by atoms with E-state index in [0.717, 1.165) is 5.69 Å². The number of hydrogen-bond acceptors (Lipinski definition) is 5. The highest BCUT2D eigenvalue weighted by Gasteiger charge is 2.21. The van der Waals surface area contributed by atoms with Crippen LogP contribution in [0, 0.1) is 20.8 Å². The molecule has 32 heavy (non-hydrogen) atoms. The number of halogens is 1. The lowest BCUT2D eigenvalue weighted by Gasteiger charge is -2.08. The second kappa shape index (κ2) is 9.28. The Labute approximate surface area is 190 Å². The van der Waals surface area contributed by atoms with E-state index in [0.29, 0.717) is 34.5 Å². The number of rotatable bonds is 7. The fraction of sp³-hybridized carbons (Fsp3) is 0.208. The summed E-state index contributed by atoms with van der Waals surface area (Å²) in [6, 6.07) is 17.0. The van der Waals surface area contributed by atoms with Gasteiger partial charge in [0.2, 0.25) is 0 Å². The molecule has 1 amide bonds. The van der Waals surface area contributed by atoms with Crippen molar-refractivity contribution >= 4 is 23.3 Å². The van der Waals surface area contributed by atoms with Gasteiger partial charge in [-0.25, -0.2) is 0 Å². The highest BCUT2D eigenvalue weighted by molar-refractivity contribution is 6.30. The van der Waals surface area contributed by atoms with Crippen molar-refractivity contribution in [2.75, 3.05) is 5.32 Å². The predicted octanol–water partition coefficient (Wildman–Crippen LogP) is 5.33. The van der Waals surface area contributed by atoms with Gasteiger partial charge in [-0.1, -0.05) is 47.1 Å². The molecule has 0 saturated carbocycles. The highest BCUT2D eigenvalue weighted by atomic mass is 35.5. The van der Waals surface area contributed by atoms with Gasteiger partial charge in [0.1, 0.15) is 18.1 Å². The normalized spacial score (nSPS) is 10.9. The van der Waals surface area contributed by atoms with Gasteiger partial charge in [-0.2, -0.15) is 5.10 Å². The zero-order valence-corrected chi connectivity index (χ0v) is 18.8. The maximum Gasteiger partial charge on any atom is 0.279 e. The van der Waals surface area contributed by atoms with E-state index in [1.807, 2.05) is 29.8 Å². The fourth-order valence-electron chi connectivity index (χ4n) is 3.31. The Morgan fingerprint density at radius 2 is 1.94 bits per heavy atom. The van der Waals surface area contributed by atoms with Gasteiger partial charge >= 0.3 is 0 Å². The Bertz CT molecular complexity index is 1260. The number of nitrogens with zero attached hydrogens (tertiary/aromatic N) is 3. The van der Waals surface area contributed by atoms with Crippen LogP contribution in [0.5, 0.6) is 5.75 Å². The molecule has 0 unspecified atom stereocenters. The van der Waals surface area contributed by atoms with E-state index in [2.05, 4.69) is 34.6 Å². The second-order valence-corrected chi connectivity index (χ2v) is 7.96. The van der Waals surface area contributed by atoms with Crippen molar-refractivity contribution in [3.63, 3.8) is 0 Å². The van der Waals surface area contributed by atoms with E-state index in [-0.39, 0.29) is 12.3 Å². The number of aryl methyl sites for hydroxylation is 3. The molecule has 164 valence electrons. The van der Waals surface area contributed by atoms with Crippen LogP contribution in [0.3, 0.4) is 0 Å². The van der Waals surface area contributed by atoms with Crippen LogP contribution in [0.25, 0.3) is 0 Å². The molecule has 2 aromatic carbocycles. The molecule has 0 aliphatic rings. The largest absolute Gasteiger partial charge is 0.489 e. The lowest BCUT2D eigenvalue weighted by atomic mass is 10.1. The monoisotopic (exact) mass is 450 g/mol. The molecule has 0 aliphatic carbocycles. The van der Waals surface area contributed by atoms with Gasteiger partial charge in [0.05, 0.1) is 12.1 Å². The third-order valence-electron chi connectivity index (χ3n) is 5.18. The average molecular weight is 451 g/mol. The molecule has 0 fully saturated rings. The Balaban J connectivity index is 1.47. The summed E-state index contributed by atoms with van der Waals surface area (Å²) in [6.45, 7) is 6.50. The topological polar surface area (TPSA) is 82.2 Å². The molecule has 4 aromatic rings. The van der Waals surface area contributed by atoms with Gasteiger partial charge in [0, 0.05) is 16.8 Å². The van der Waals surface area contributed by atoms with E-state index in [1.165, 1.54) is 11.1 Å². The van der Waals surface area contributed by atoms with Crippen LogP contribution in [0.1, 0.15) is 38.6 Å². The predicted molar refractivity (Wildman–Crippen MR) is 122 cm³/mol. The summed E-state index contributed by atoms with van der Waals surface area (Å²) in [6.07, 6.45) is 0. The van der Waals surface area contributed by atoms with E-state index < -0.39 is 5.91 Å². The first-order valence-electron chi connectivity index (χ1n) is 10.1. The summed E-state index contributed by atoms with van der Waals surface area (Å²) in [5, 5.41) is 11.8. The van der Waals surface area contributed by atoms with Crippen molar-refractivity contribution in [2.45, 2.75) is 33.9 Å². The molecule has 0 aliphatic heterocycles. The van der Waals surface area contributed by atoms with Crippen molar-refractivity contribution in [2.24, 2.45) is 0 Å². The SMILES string of the molecule is Cc1ccccc1Cn1nc(NC(=O)c2noc(C)c2COc2cccc(Cl)c2)cc1C. The number of carbonyl (C=O) groups excluding carboxylic acids is 1. The summed E-state index contributed by atoms with van der Waals surface area (Å²) in [5.74, 6) is 1.14. The molecule has 2 heterocycles. The van der Waals surface area contributed by atoms with Gasteiger partial charge in [-0.15, -0.1) is 0 Å². The van der Waals surface area contributed by atoms with Crippen LogP contribution in [0.2, 0.25) is 5.02 Å². The van der Waals surface area contributed by atoms with Crippen LogP contribution >= 0.6 is 11.6 Å². The van der Waals surface area contributed by atoms with Crippen molar-refractivity contribution in [1.82, 2.24) is 14.9 Å². The fourth-order valence-corrected chi connectivity index (χ4v) is 3.49. The number of benzene rings is 2. The minimum atomic E-state index is -0.410. The van der Waals surface area contributed by atoms with E-state index in [4.69, 9.17) is 20.9 Å². The van der Waals surface area contributed by atoms with Crippen LogP contribution in [-0.2, 0) is 13.2 Å². The number of carbonyl (C=O) groups is 1. The Morgan fingerprint density at radius 3 is 2.72 bits per heavy atom. The van der Waals surface area contributed by atoms with Crippen LogP contribution in [0.15, 0.2) is 59.1 Å². The first-order chi connectivity index (χ1) is 15.4. The van der Waals surface area contributed by atoms with E-state index in [1.54, 1.807) is 31.2 Å². The Morgan fingerprint density at radius 1 is 1.12 bits per heavy atom. The molecule has 0 spiro atoms. The first-order valence-corrected chi connectivity index (χ1v) is 10.5. The minimum absolute atomic E-state index is 0.124. The summed E-state index contributed by atoms with van der Waals surface area (Å²) < 4.78 is 12.9. The summed E-state index contributed by atoms with van der Waals surface area (Å²) >= 11 is 6.00. The zero-order chi connectivity index (χ0) is 22.7. The van der Waals surface area contributed by atoms with Crippen LogP contribution < -0.4 is 10.1 Å². The van der Waals surface area contributed by atoms with Crippen molar-refractivity contribution in [3.8, 4) is 5.75 Å². The Kier molecular flexibility index (Phi) is 6.28. The maximum absolute atomic E-state index is 12.9. The third-order valence-corrected chi connectivity index (χ3v) is 5.42. The van der Waals surface area contributed by atoms with Gasteiger partial charge < -0.3 is 14.6 Å². The van der Waals surface area contributed by atoms with Gasteiger partial charge in [-0.05, 0) is 50.1 Å². The minimum Gasteiger partial charge on any atom is -0.489 e. The molecule has 7 nitrogen and oxygen atoms in total. The summed E-state index contributed by atoms with van der Waals surface area (Å²) in [4.78, 5) is 12.9. The average Bonchev–Trinajstić information content (AvgIpc) is 3.30.